The third-order valence-corrected chi connectivity index (χ3v) is 4.49. The van der Waals surface area contributed by atoms with E-state index in [-0.39, 0.29) is 23.9 Å². The van der Waals surface area contributed by atoms with Gasteiger partial charge in [-0.25, -0.2) is 9.97 Å². The molecule has 0 saturated carbocycles. The number of carbonyl (C=O) groups is 1. The number of nitrogens with one attached hydrogen (secondary N) is 1. The molecule has 1 aliphatic heterocycles. The minimum Gasteiger partial charge on any atom is -0.480 e. The Morgan fingerprint density at radius 2 is 2.11 bits per heavy atom. The number of aromatic amines is 1. The Hall–Kier alpha value is -3.55. The van der Waals surface area contributed by atoms with E-state index in [0.29, 0.717) is 35.6 Å². The van der Waals surface area contributed by atoms with Gasteiger partial charge >= 0.3 is 0 Å². The maximum Gasteiger partial charge on any atom is 0.259 e. The molecule has 0 saturated heterocycles. The quantitative estimate of drug-likeness (QED) is 0.755. The van der Waals surface area contributed by atoms with Crippen molar-refractivity contribution in [3.63, 3.8) is 0 Å². The summed E-state index contributed by atoms with van der Waals surface area (Å²) >= 11 is 0. The molecule has 3 aromatic heterocycles. The van der Waals surface area contributed by atoms with Crippen LogP contribution in [0.25, 0.3) is 11.4 Å². The lowest BCUT2D eigenvalue weighted by Crippen LogP contribution is -2.39. The van der Waals surface area contributed by atoms with Crippen LogP contribution in [0.1, 0.15) is 21.6 Å². The fraction of sp³-hybridized carbons (Fsp3) is 0.211. The van der Waals surface area contributed by atoms with Crippen LogP contribution in [0.15, 0.2) is 47.7 Å². The zero-order chi connectivity index (χ0) is 18.8. The minimum atomic E-state index is -0.199. The van der Waals surface area contributed by atoms with Crippen LogP contribution in [-0.2, 0) is 13.0 Å². The molecule has 0 atom stereocenters. The second-order valence-electron chi connectivity index (χ2n) is 6.12. The number of fused-ring (bicyclic) bond motifs is 1. The van der Waals surface area contributed by atoms with E-state index < -0.39 is 0 Å². The number of H-pyrrole nitrogens is 1. The Labute approximate surface area is 154 Å². The molecule has 0 radical (unpaired) electrons. The van der Waals surface area contributed by atoms with E-state index in [1.54, 1.807) is 41.7 Å². The van der Waals surface area contributed by atoms with Crippen molar-refractivity contribution in [2.75, 3.05) is 13.7 Å². The molecule has 1 N–H and O–H groups in total. The van der Waals surface area contributed by atoms with Crippen LogP contribution in [0.2, 0.25) is 0 Å². The van der Waals surface area contributed by atoms with Gasteiger partial charge in [0.05, 0.1) is 19.3 Å². The monoisotopic (exact) mass is 363 g/mol. The van der Waals surface area contributed by atoms with E-state index in [1.807, 2.05) is 6.07 Å². The first-order valence-corrected chi connectivity index (χ1v) is 8.48. The van der Waals surface area contributed by atoms with Crippen LogP contribution in [0, 0.1) is 0 Å². The van der Waals surface area contributed by atoms with Crippen LogP contribution >= 0.6 is 0 Å². The summed E-state index contributed by atoms with van der Waals surface area (Å²) in [5, 5.41) is 0. The molecule has 0 aliphatic carbocycles. The Morgan fingerprint density at radius 3 is 2.89 bits per heavy atom. The number of aromatic nitrogens is 4. The van der Waals surface area contributed by atoms with E-state index in [2.05, 4.69) is 19.9 Å². The predicted molar refractivity (Wildman–Crippen MR) is 97.3 cm³/mol. The molecule has 8 nitrogen and oxygen atoms in total. The molecule has 0 aromatic carbocycles. The molecular formula is C19H17N5O3. The van der Waals surface area contributed by atoms with Gasteiger partial charge in [0.2, 0.25) is 5.88 Å². The van der Waals surface area contributed by atoms with E-state index in [4.69, 9.17) is 4.74 Å². The molecule has 0 fully saturated rings. The molecule has 0 unspecified atom stereocenters. The Balaban J connectivity index is 1.67. The second-order valence-corrected chi connectivity index (χ2v) is 6.12. The molecule has 27 heavy (non-hydrogen) atoms. The Bertz CT molecular complexity index is 1050. The lowest BCUT2D eigenvalue weighted by Gasteiger charge is -2.28. The first-order valence-electron chi connectivity index (χ1n) is 8.48. The van der Waals surface area contributed by atoms with Crippen LogP contribution < -0.4 is 10.3 Å². The summed E-state index contributed by atoms with van der Waals surface area (Å²) in [6.45, 7) is 0.685. The van der Waals surface area contributed by atoms with Gasteiger partial charge in [-0.1, -0.05) is 0 Å². The summed E-state index contributed by atoms with van der Waals surface area (Å²) in [5.41, 5.74) is 2.14. The van der Waals surface area contributed by atoms with Crippen molar-refractivity contribution in [2.45, 2.75) is 13.0 Å². The van der Waals surface area contributed by atoms with E-state index in [9.17, 15) is 9.59 Å². The normalized spacial score (nSPS) is 13.1. The van der Waals surface area contributed by atoms with Crippen LogP contribution in [-0.4, -0.2) is 44.4 Å². The van der Waals surface area contributed by atoms with Crippen molar-refractivity contribution in [3.8, 4) is 17.3 Å². The summed E-state index contributed by atoms with van der Waals surface area (Å²) in [7, 11) is 1.48. The number of nitrogens with zero attached hydrogens (tertiary/aromatic N) is 4. The van der Waals surface area contributed by atoms with Gasteiger partial charge in [-0.3, -0.25) is 14.6 Å². The molecule has 1 aliphatic rings. The highest BCUT2D eigenvalue weighted by Gasteiger charge is 2.27. The number of hydrogen-bond acceptors (Lipinski definition) is 6. The molecule has 4 heterocycles. The van der Waals surface area contributed by atoms with Crippen molar-refractivity contribution < 1.29 is 9.53 Å². The maximum absolute atomic E-state index is 12.9. The van der Waals surface area contributed by atoms with Crippen molar-refractivity contribution >= 4 is 5.91 Å². The smallest absolute Gasteiger partial charge is 0.259 e. The molecule has 136 valence electrons. The SMILES string of the molecule is COc1ncccc1C(=O)N1CCc2c(nc(-c3cccnc3)[nH]c2=O)C1. The van der Waals surface area contributed by atoms with E-state index >= 15 is 0 Å². The first kappa shape index (κ1) is 16.9. The molecule has 0 spiro atoms. The van der Waals surface area contributed by atoms with Gasteiger partial charge in [-0.15, -0.1) is 0 Å². The fourth-order valence-corrected chi connectivity index (χ4v) is 3.14. The minimum absolute atomic E-state index is 0.176. The first-order chi connectivity index (χ1) is 13.2. The zero-order valence-electron chi connectivity index (χ0n) is 14.7. The zero-order valence-corrected chi connectivity index (χ0v) is 14.7. The topological polar surface area (TPSA) is 101 Å². The number of methoxy groups -OCH3 is 1. The highest BCUT2D eigenvalue weighted by Crippen LogP contribution is 2.22. The van der Waals surface area contributed by atoms with Gasteiger partial charge in [-0.2, -0.15) is 0 Å². The van der Waals surface area contributed by atoms with Crippen LogP contribution in [0.4, 0.5) is 0 Å². The van der Waals surface area contributed by atoms with Crippen molar-refractivity contribution in [3.05, 3.63) is 70.0 Å². The number of carbonyl (C=O) groups excluding carboxylic acids is 1. The number of hydrogen-bond donors (Lipinski definition) is 1. The van der Waals surface area contributed by atoms with Crippen molar-refractivity contribution in [2.24, 2.45) is 0 Å². The summed E-state index contributed by atoms with van der Waals surface area (Å²) < 4.78 is 5.19. The average Bonchev–Trinajstić information content (AvgIpc) is 2.73. The predicted octanol–water partition coefficient (Wildman–Crippen LogP) is 1.43. The molecule has 0 bridgehead atoms. The number of amides is 1. The van der Waals surface area contributed by atoms with Gasteiger partial charge in [0.1, 0.15) is 11.4 Å². The van der Waals surface area contributed by atoms with Gasteiger partial charge in [-0.05, 0) is 30.7 Å². The van der Waals surface area contributed by atoms with E-state index in [1.165, 1.54) is 7.11 Å². The molecule has 3 aromatic rings. The van der Waals surface area contributed by atoms with Gasteiger partial charge in [0, 0.05) is 36.3 Å². The maximum atomic E-state index is 12.9. The summed E-state index contributed by atoms with van der Waals surface area (Å²) in [4.78, 5) is 42.5. The molecular weight excluding hydrogens is 346 g/mol. The average molecular weight is 363 g/mol. The van der Waals surface area contributed by atoms with Crippen LogP contribution in [0.5, 0.6) is 5.88 Å². The van der Waals surface area contributed by atoms with Gasteiger partial charge in [0.15, 0.2) is 0 Å². The Kier molecular flexibility index (Phi) is 4.37. The highest BCUT2D eigenvalue weighted by molar-refractivity contribution is 5.96. The van der Waals surface area contributed by atoms with Crippen LogP contribution in [0.3, 0.4) is 0 Å². The third kappa shape index (κ3) is 3.17. The van der Waals surface area contributed by atoms with Gasteiger partial charge < -0.3 is 14.6 Å². The summed E-state index contributed by atoms with van der Waals surface area (Å²) in [6.07, 6.45) is 5.31. The largest absolute Gasteiger partial charge is 0.480 e. The number of pyridine rings is 2. The van der Waals surface area contributed by atoms with Crippen molar-refractivity contribution in [1.29, 1.82) is 0 Å². The fourth-order valence-electron chi connectivity index (χ4n) is 3.14. The Morgan fingerprint density at radius 1 is 1.26 bits per heavy atom. The third-order valence-electron chi connectivity index (χ3n) is 4.49. The number of rotatable bonds is 3. The van der Waals surface area contributed by atoms with E-state index in [0.717, 1.165) is 5.56 Å². The molecule has 8 heteroatoms. The highest BCUT2D eigenvalue weighted by atomic mass is 16.5. The molecule has 1 amide bonds. The standard InChI is InChI=1S/C19H17N5O3/c1-27-18-14(5-3-8-21-18)19(26)24-9-6-13-15(11-24)22-16(23-17(13)25)12-4-2-7-20-10-12/h2-5,7-8,10H,6,9,11H2,1H3,(H,22,23,25). The lowest BCUT2D eigenvalue weighted by atomic mass is 10.0. The molecule has 4 rings (SSSR count). The second kappa shape index (κ2) is 6.99. The summed E-state index contributed by atoms with van der Waals surface area (Å²) in [6, 6.07) is 6.97. The number of ether oxygens (including phenoxy) is 1. The lowest BCUT2D eigenvalue weighted by molar-refractivity contribution is 0.0727. The summed E-state index contributed by atoms with van der Waals surface area (Å²) in [5.74, 6) is 0.527. The van der Waals surface area contributed by atoms with Gasteiger partial charge in [0.25, 0.3) is 11.5 Å². The van der Waals surface area contributed by atoms with Crippen molar-refractivity contribution in [1.82, 2.24) is 24.8 Å².